The third kappa shape index (κ3) is 4.17. The van der Waals surface area contributed by atoms with Gasteiger partial charge < -0.3 is 10.6 Å². The molecule has 2 N–H and O–H groups in total. The van der Waals surface area contributed by atoms with Crippen LogP contribution >= 0.6 is 0 Å². The molecule has 1 aromatic heterocycles. The van der Waals surface area contributed by atoms with Crippen molar-refractivity contribution < 1.29 is 9.72 Å². The van der Waals surface area contributed by atoms with Crippen LogP contribution in [-0.4, -0.2) is 27.2 Å². The van der Waals surface area contributed by atoms with Crippen molar-refractivity contribution in [1.82, 2.24) is 15.1 Å². The first-order valence-electron chi connectivity index (χ1n) is 7.56. The number of nitrogens with zero attached hydrogens (tertiary/aromatic N) is 3. The fourth-order valence-electron chi connectivity index (χ4n) is 2.37. The first kappa shape index (κ1) is 17.6. The van der Waals surface area contributed by atoms with Gasteiger partial charge >= 0.3 is 0 Å². The number of hydrogen-bond donors (Lipinski definition) is 2. The fourth-order valence-corrected chi connectivity index (χ4v) is 2.37. The molecule has 1 unspecified atom stereocenters. The van der Waals surface area contributed by atoms with Gasteiger partial charge in [0.15, 0.2) is 0 Å². The van der Waals surface area contributed by atoms with Gasteiger partial charge in [-0.3, -0.25) is 19.6 Å². The van der Waals surface area contributed by atoms with Gasteiger partial charge in [-0.05, 0) is 26.3 Å². The van der Waals surface area contributed by atoms with E-state index >= 15 is 0 Å². The van der Waals surface area contributed by atoms with Gasteiger partial charge in [-0.15, -0.1) is 0 Å². The van der Waals surface area contributed by atoms with Crippen molar-refractivity contribution >= 4 is 17.4 Å². The Morgan fingerprint density at radius 3 is 2.67 bits per heavy atom. The van der Waals surface area contributed by atoms with E-state index in [2.05, 4.69) is 15.7 Å². The summed E-state index contributed by atoms with van der Waals surface area (Å²) in [5.74, 6) is 0.421. The van der Waals surface area contributed by atoms with Gasteiger partial charge in [0.1, 0.15) is 5.82 Å². The molecule has 1 aromatic carbocycles. The first-order chi connectivity index (χ1) is 11.3. The Morgan fingerprint density at radius 1 is 1.38 bits per heavy atom. The summed E-state index contributed by atoms with van der Waals surface area (Å²) in [5, 5.41) is 21.0. The normalized spacial score (nSPS) is 12.0. The molecule has 2 aromatic rings. The maximum atomic E-state index is 12.0. The molecule has 24 heavy (non-hydrogen) atoms. The van der Waals surface area contributed by atoms with Crippen LogP contribution in [0.25, 0.3) is 0 Å². The standard InChI is InChI=1S/C16H21N5O3/c1-10-5-6-13(8-14(10)21(23)24)12(3)17-9-16(22)18-15-7-11(2)19-20(15)4/h5-8,12,17H,9H2,1-4H3,(H,18,22). The predicted molar refractivity (Wildman–Crippen MR) is 90.8 cm³/mol. The maximum Gasteiger partial charge on any atom is 0.272 e. The number of rotatable bonds is 6. The second-order valence-corrected chi connectivity index (χ2v) is 5.75. The fraction of sp³-hybridized carbons (Fsp3) is 0.375. The molecule has 0 saturated heterocycles. The second kappa shape index (κ2) is 7.22. The number of amides is 1. The lowest BCUT2D eigenvalue weighted by molar-refractivity contribution is -0.385. The van der Waals surface area contributed by atoms with E-state index in [-0.39, 0.29) is 24.2 Å². The number of carbonyl (C=O) groups is 1. The Hall–Kier alpha value is -2.74. The molecular formula is C16H21N5O3. The van der Waals surface area contributed by atoms with E-state index in [1.165, 1.54) is 6.07 Å². The Morgan fingerprint density at radius 2 is 2.08 bits per heavy atom. The molecular weight excluding hydrogens is 310 g/mol. The van der Waals surface area contributed by atoms with Crippen LogP contribution in [0.3, 0.4) is 0 Å². The summed E-state index contributed by atoms with van der Waals surface area (Å²) in [6.45, 7) is 5.49. The highest BCUT2D eigenvalue weighted by molar-refractivity contribution is 5.91. The van der Waals surface area contributed by atoms with Crippen molar-refractivity contribution in [3.05, 3.63) is 51.2 Å². The van der Waals surface area contributed by atoms with Crippen LogP contribution in [0.1, 0.15) is 29.8 Å². The molecule has 2 rings (SSSR count). The van der Waals surface area contributed by atoms with Gasteiger partial charge in [0.2, 0.25) is 5.91 Å². The van der Waals surface area contributed by atoms with E-state index in [1.54, 1.807) is 30.8 Å². The lowest BCUT2D eigenvalue weighted by Crippen LogP contribution is -2.30. The van der Waals surface area contributed by atoms with Crippen molar-refractivity contribution in [1.29, 1.82) is 0 Å². The second-order valence-electron chi connectivity index (χ2n) is 5.75. The van der Waals surface area contributed by atoms with Gasteiger partial charge in [-0.25, -0.2) is 0 Å². The monoisotopic (exact) mass is 331 g/mol. The van der Waals surface area contributed by atoms with Crippen LogP contribution in [0.5, 0.6) is 0 Å². The van der Waals surface area contributed by atoms with Crippen LogP contribution in [0, 0.1) is 24.0 Å². The van der Waals surface area contributed by atoms with E-state index in [0.29, 0.717) is 11.4 Å². The highest BCUT2D eigenvalue weighted by atomic mass is 16.6. The molecule has 1 amide bonds. The largest absolute Gasteiger partial charge is 0.310 e. The summed E-state index contributed by atoms with van der Waals surface area (Å²) in [6, 6.07) is 6.66. The summed E-state index contributed by atoms with van der Waals surface area (Å²) in [4.78, 5) is 22.6. The molecule has 1 heterocycles. The average molecular weight is 331 g/mol. The van der Waals surface area contributed by atoms with E-state index in [4.69, 9.17) is 0 Å². The number of aryl methyl sites for hydroxylation is 3. The number of nitro groups is 1. The third-order valence-corrected chi connectivity index (χ3v) is 3.77. The molecule has 0 radical (unpaired) electrons. The molecule has 0 spiro atoms. The van der Waals surface area contributed by atoms with Crippen molar-refractivity contribution in [2.75, 3.05) is 11.9 Å². The third-order valence-electron chi connectivity index (χ3n) is 3.77. The summed E-state index contributed by atoms with van der Waals surface area (Å²) >= 11 is 0. The van der Waals surface area contributed by atoms with Crippen molar-refractivity contribution in [3.63, 3.8) is 0 Å². The minimum Gasteiger partial charge on any atom is -0.310 e. The Balaban J connectivity index is 1.96. The number of carbonyl (C=O) groups excluding carboxylic acids is 1. The molecule has 0 fully saturated rings. The van der Waals surface area contributed by atoms with Crippen LogP contribution in [0.15, 0.2) is 24.3 Å². The number of anilines is 1. The Kier molecular flexibility index (Phi) is 5.30. The summed E-state index contributed by atoms with van der Waals surface area (Å²) in [5.41, 5.74) is 2.27. The number of nitro benzene ring substituents is 1. The van der Waals surface area contributed by atoms with E-state index in [1.807, 2.05) is 19.9 Å². The van der Waals surface area contributed by atoms with Crippen LogP contribution in [0.2, 0.25) is 0 Å². The van der Waals surface area contributed by atoms with Gasteiger partial charge in [0, 0.05) is 30.8 Å². The Bertz CT molecular complexity index is 769. The molecule has 0 aliphatic heterocycles. The predicted octanol–water partition coefficient (Wildman–Crippen LogP) is 2.23. The summed E-state index contributed by atoms with van der Waals surface area (Å²) in [7, 11) is 1.75. The lowest BCUT2D eigenvalue weighted by atomic mass is 10.0. The minimum absolute atomic E-state index is 0.0796. The molecule has 8 heteroatoms. The van der Waals surface area contributed by atoms with Crippen molar-refractivity contribution in [2.24, 2.45) is 7.05 Å². The van der Waals surface area contributed by atoms with Gasteiger partial charge in [-0.2, -0.15) is 5.10 Å². The number of benzene rings is 1. The number of aromatic nitrogens is 2. The maximum absolute atomic E-state index is 12.0. The summed E-state index contributed by atoms with van der Waals surface area (Å²) in [6.07, 6.45) is 0. The van der Waals surface area contributed by atoms with Gasteiger partial charge in [0.25, 0.3) is 5.69 Å². The van der Waals surface area contributed by atoms with Gasteiger partial charge in [-0.1, -0.05) is 12.1 Å². The number of nitrogens with one attached hydrogen (secondary N) is 2. The average Bonchev–Trinajstić information content (AvgIpc) is 2.82. The Labute approximate surface area is 140 Å². The van der Waals surface area contributed by atoms with Crippen LogP contribution < -0.4 is 10.6 Å². The highest BCUT2D eigenvalue weighted by Gasteiger charge is 2.15. The molecule has 0 saturated carbocycles. The quantitative estimate of drug-likeness (QED) is 0.624. The molecule has 0 aliphatic rings. The number of hydrogen-bond acceptors (Lipinski definition) is 5. The molecule has 8 nitrogen and oxygen atoms in total. The zero-order valence-electron chi connectivity index (χ0n) is 14.2. The molecule has 0 bridgehead atoms. The van der Waals surface area contributed by atoms with Crippen molar-refractivity contribution in [3.8, 4) is 0 Å². The molecule has 1 atom stereocenters. The lowest BCUT2D eigenvalue weighted by Gasteiger charge is -2.14. The van der Waals surface area contributed by atoms with E-state index in [9.17, 15) is 14.9 Å². The van der Waals surface area contributed by atoms with Gasteiger partial charge in [0.05, 0.1) is 17.2 Å². The van der Waals surface area contributed by atoms with Crippen LogP contribution in [0.4, 0.5) is 11.5 Å². The zero-order chi connectivity index (χ0) is 17.9. The SMILES string of the molecule is Cc1cc(NC(=O)CNC(C)c2ccc(C)c([N+](=O)[O-])c2)n(C)n1. The minimum atomic E-state index is -0.400. The zero-order valence-corrected chi connectivity index (χ0v) is 14.2. The molecule has 128 valence electrons. The van der Waals surface area contributed by atoms with Crippen molar-refractivity contribution in [2.45, 2.75) is 26.8 Å². The van der Waals surface area contributed by atoms with Crippen LogP contribution in [-0.2, 0) is 11.8 Å². The summed E-state index contributed by atoms with van der Waals surface area (Å²) < 4.78 is 1.60. The van der Waals surface area contributed by atoms with E-state index in [0.717, 1.165) is 11.3 Å². The van der Waals surface area contributed by atoms with E-state index < -0.39 is 4.92 Å². The smallest absolute Gasteiger partial charge is 0.272 e. The molecule has 0 aliphatic carbocycles. The highest BCUT2D eigenvalue weighted by Crippen LogP contribution is 2.23. The topological polar surface area (TPSA) is 102 Å². The first-order valence-corrected chi connectivity index (χ1v) is 7.56.